The maximum absolute atomic E-state index is 10.4. The van der Waals surface area contributed by atoms with Gasteiger partial charge in [0.15, 0.2) is 12.0 Å². The Balaban J connectivity index is 1.96. The molecule has 7 nitrogen and oxygen atoms in total. The van der Waals surface area contributed by atoms with Crippen molar-refractivity contribution in [2.45, 2.75) is 13.0 Å². The van der Waals surface area contributed by atoms with E-state index in [-0.39, 0.29) is 12.6 Å². The Labute approximate surface area is 96.4 Å². The van der Waals surface area contributed by atoms with Crippen LogP contribution in [0.3, 0.4) is 0 Å². The van der Waals surface area contributed by atoms with E-state index in [4.69, 9.17) is 14.3 Å². The lowest BCUT2D eigenvalue weighted by Crippen LogP contribution is -2.35. The number of nitrogens with zero attached hydrogens (tertiary/aromatic N) is 2. The lowest BCUT2D eigenvalue weighted by molar-refractivity contribution is 0.182. The van der Waals surface area contributed by atoms with E-state index in [9.17, 15) is 4.79 Å². The van der Waals surface area contributed by atoms with Crippen molar-refractivity contribution in [3.8, 4) is 5.88 Å². The molecule has 2 heterocycles. The number of nitrogens with one attached hydrogen (secondary N) is 1. The SMILES string of the molecule is C[C@@H](COc1cc2ocnc2cn1)NC(=O)O. The summed E-state index contributed by atoms with van der Waals surface area (Å²) in [5, 5.41) is 10.8. The van der Waals surface area contributed by atoms with Gasteiger partial charge in [-0.15, -0.1) is 0 Å². The molecular weight excluding hydrogens is 226 g/mol. The van der Waals surface area contributed by atoms with Crippen LogP contribution in [0, 0.1) is 0 Å². The molecule has 1 amide bonds. The maximum atomic E-state index is 10.4. The molecule has 0 spiro atoms. The molecule has 17 heavy (non-hydrogen) atoms. The van der Waals surface area contributed by atoms with Gasteiger partial charge in [-0.25, -0.2) is 14.8 Å². The van der Waals surface area contributed by atoms with Gasteiger partial charge in [-0.1, -0.05) is 0 Å². The zero-order valence-electron chi connectivity index (χ0n) is 9.08. The summed E-state index contributed by atoms with van der Waals surface area (Å²) in [5.74, 6) is 0.369. The molecule has 0 aromatic carbocycles. The van der Waals surface area contributed by atoms with Crippen molar-refractivity contribution >= 4 is 17.2 Å². The van der Waals surface area contributed by atoms with Crippen LogP contribution in [0.25, 0.3) is 11.1 Å². The van der Waals surface area contributed by atoms with E-state index in [0.29, 0.717) is 17.0 Å². The van der Waals surface area contributed by atoms with Crippen molar-refractivity contribution in [3.63, 3.8) is 0 Å². The second-order valence-corrected chi connectivity index (χ2v) is 3.50. The fourth-order valence-electron chi connectivity index (χ4n) is 1.28. The van der Waals surface area contributed by atoms with Crippen LogP contribution < -0.4 is 10.1 Å². The van der Waals surface area contributed by atoms with Crippen molar-refractivity contribution in [2.24, 2.45) is 0 Å². The lowest BCUT2D eigenvalue weighted by atomic mass is 10.4. The third kappa shape index (κ3) is 2.83. The average molecular weight is 237 g/mol. The summed E-state index contributed by atoms with van der Waals surface area (Å²) in [4.78, 5) is 18.3. The quantitative estimate of drug-likeness (QED) is 0.830. The Hall–Kier alpha value is -2.31. The second kappa shape index (κ2) is 4.69. The van der Waals surface area contributed by atoms with Crippen molar-refractivity contribution in [3.05, 3.63) is 18.7 Å². The van der Waals surface area contributed by atoms with Crippen LogP contribution in [0.15, 0.2) is 23.1 Å². The molecule has 0 bridgehead atoms. The first-order valence-electron chi connectivity index (χ1n) is 4.96. The first kappa shape index (κ1) is 11.2. The number of oxazole rings is 1. The van der Waals surface area contributed by atoms with Gasteiger partial charge < -0.3 is 19.6 Å². The van der Waals surface area contributed by atoms with Gasteiger partial charge >= 0.3 is 6.09 Å². The molecule has 0 aliphatic rings. The van der Waals surface area contributed by atoms with Crippen molar-refractivity contribution in [2.75, 3.05) is 6.61 Å². The summed E-state index contributed by atoms with van der Waals surface area (Å²) >= 11 is 0. The molecule has 0 saturated carbocycles. The van der Waals surface area contributed by atoms with Gasteiger partial charge in [-0.2, -0.15) is 0 Å². The zero-order chi connectivity index (χ0) is 12.3. The third-order valence-electron chi connectivity index (χ3n) is 2.04. The summed E-state index contributed by atoms with van der Waals surface area (Å²) in [6, 6.07) is 1.29. The molecule has 0 aliphatic heterocycles. The monoisotopic (exact) mass is 237 g/mol. The number of hydrogen-bond acceptors (Lipinski definition) is 5. The Morgan fingerprint density at radius 1 is 1.65 bits per heavy atom. The van der Waals surface area contributed by atoms with E-state index in [1.54, 1.807) is 13.0 Å². The number of rotatable bonds is 4. The highest BCUT2D eigenvalue weighted by Gasteiger charge is 2.07. The molecule has 2 aromatic heterocycles. The van der Waals surface area contributed by atoms with Crippen LogP contribution >= 0.6 is 0 Å². The highest BCUT2D eigenvalue weighted by molar-refractivity contribution is 5.71. The predicted molar refractivity (Wildman–Crippen MR) is 57.9 cm³/mol. The molecule has 0 saturated heterocycles. The number of carbonyl (C=O) groups is 1. The number of pyridine rings is 1. The first-order chi connectivity index (χ1) is 8.15. The minimum Gasteiger partial charge on any atom is -0.475 e. The Morgan fingerprint density at radius 3 is 3.24 bits per heavy atom. The number of ether oxygens (including phenoxy) is 1. The fraction of sp³-hybridized carbons (Fsp3) is 0.300. The maximum Gasteiger partial charge on any atom is 0.404 e. The van der Waals surface area contributed by atoms with E-state index in [0.717, 1.165) is 0 Å². The van der Waals surface area contributed by atoms with E-state index in [1.165, 1.54) is 12.6 Å². The standard InChI is InChI=1S/C10H11N3O4/c1-6(13-10(14)15)4-16-9-2-8-7(3-11-9)12-5-17-8/h2-3,5-6,13H,4H2,1H3,(H,14,15)/t6-/m0/s1. The summed E-state index contributed by atoms with van der Waals surface area (Å²) < 4.78 is 10.4. The van der Waals surface area contributed by atoms with Crippen LogP contribution in [-0.2, 0) is 0 Å². The van der Waals surface area contributed by atoms with Gasteiger partial charge in [0.1, 0.15) is 12.1 Å². The molecular formula is C10H11N3O4. The number of fused-ring (bicyclic) bond motifs is 1. The second-order valence-electron chi connectivity index (χ2n) is 3.50. The average Bonchev–Trinajstić information content (AvgIpc) is 2.72. The van der Waals surface area contributed by atoms with Crippen LogP contribution in [0.5, 0.6) is 5.88 Å². The predicted octanol–water partition coefficient (Wildman–Crippen LogP) is 1.26. The van der Waals surface area contributed by atoms with Crippen molar-refractivity contribution in [1.82, 2.24) is 15.3 Å². The van der Waals surface area contributed by atoms with Gasteiger partial charge in [0.25, 0.3) is 0 Å². The number of amides is 1. The lowest BCUT2D eigenvalue weighted by Gasteiger charge is -2.11. The van der Waals surface area contributed by atoms with Gasteiger partial charge in [0.2, 0.25) is 5.88 Å². The molecule has 2 aromatic rings. The zero-order valence-corrected chi connectivity index (χ0v) is 9.08. The molecule has 2 rings (SSSR count). The summed E-state index contributed by atoms with van der Waals surface area (Å²) in [6.45, 7) is 1.89. The van der Waals surface area contributed by atoms with E-state index >= 15 is 0 Å². The normalized spacial score (nSPS) is 12.3. The summed E-state index contributed by atoms with van der Waals surface area (Å²) in [7, 11) is 0. The Kier molecular flexibility index (Phi) is 3.08. The molecule has 1 atom stereocenters. The molecule has 0 aliphatic carbocycles. The first-order valence-corrected chi connectivity index (χ1v) is 4.96. The van der Waals surface area contributed by atoms with Gasteiger partial charge in [0, 0.05) is 6.07 Å². The highest BCUT2D eigenvalue weighted by Crippen LogP contribution is 2.16. The summed E-state index contributed by atoms with van der Waals surface area (Å²) in [6.07, 6.45) is 1.77. The van der Waals surface area contributed by atoms with Crippen molar-refractivity contribution in [1.29, 1.82) is 0 Å². The van der Waals surface area contributed by atoms with Crippen LogP contribution in [0.2, 0.25) is 0 Å². The summed E-state index contributed by atoms with van der Waals surface area (Å²) in [5.41, 5.74) is 1.22. The van der Waals surface area contributed by atoms with Crippen LogP contribution in [-0.4, -0.2) is 33.8 Å². The van der Waals surface area contributed by atoms with E-state index in [1.807, 2.05) is 0 Å². The van der Waals surface area contributed by atoms with Gasteiger partial charge in [0.05, 0.1) is 12.2 Å². The van der Waals surface area contributed by atoms with Crippen LogP contribution in [0.1, 0.15) is 6.92 Å². The molecule has 0 unspecified atom stereocenters. The van der Waals surface area contributed by atoms with Gasteiger partial charge in [-0.05, 0) is 6.92 Å². The number of hydrogen-bond donors (Lipinski definition) is 2. The van der Waals surface area contributed by atoms with E-state index in [2.05, 4.69) is 15.3 Å². The van der Waals surface area contributed by atoms with Gasteiger partial charge in [-0.3, -0.25) is 0 Å². The third-order valence-corrected chi connectivity index (χ3v) is 2.04. The Morgan fingerprint density at radius 2 is 2.47 bits per heavy atom. The molecule has 90 valence electrons. The number of aromatic nitrogens is 2. The van der Waals surface area contributed by atoms with E-state index < -0.39 is 6.09 Å². The van der Waals surface area contributed by atoms with Crippen LogP contribution in [0.4, 0.5) is 4.79 Å². The molecule has 0 radical (unpaired) electrons. The highest BCUT2D eigenvalue weighted by atomic mass is 16.5. The minimum absolute atomic E-state index is 0.193. The molecule has 2 N–H and O–H groups in total. The molecule has 0 fully saturated rings. The largest absolute Gasteiger partial charge is 0.475 e. The number of carboxylic acid groups (broad SMARTS) is 1. The minimum atomic E-state index is -1.08. The Bertz CT molecular complexity index is 525. The fourth-order valence-corrected chi connectivity index (χ4v) is 1.28. The van der Waals surface area contributed by atoms with Crippen molar-refractivity contribution < 1.29 is 19.1 Å². The smallest absolute Gasteiger partial charge is 0.404 e. The molecule has 7 heteroatoms. The topological polar surface area (TPSA) is 97.5 Å².